The van der Waals surface area contributed by atoms with Gasteiger partial charge < -0.3 is 10.2 Å². The highest BCUT2D eigenvalue weighted by Crippen LogP contribution is 2.32. The van der Waals surface area contributed by atoms with Gasteiger partial charge in [-0.25, -0.2) is 0 Å². The Kier molecular flexibility index (Phi) is 4.90. The molecule has 1 heterocycles. The van der Waals surface area contributed by atoms with Gasteiger partial charge in [-0.1, -0.05) is 53.5 Å². The molecule has 3 rings (SSSR count). The molecule has 23 heavy (non-hydrogen) atoms. The van der Waals surface area contributed by atoms with E-state index in [1.165, 1.54) is 16.0 Å². The Morgan fingerprint density at radius 1 is 1.17 bits per heavy atom. The summed E-state index contributed by atoms with van der Waals surface area (Å²) in [5.74, 6) is -0.0613. The zero-order chi connectivity index (χ0) is 16.4. The molecular weight excluding hydrogens is 331 g/mol. The van der Waals surface area contributed by atoms with Crippen molar-refractivity contribution in [3.05, 3.63) is 63.1 Å². The summed E-state index contributed by atoms with van der Waals surface area (Å²) >= 11 is 12.4. The van der Waals surface area contributed by atoms with Crippen LogP contribution < -0.4 is 10.2 Å². The molecule has 0 aliphatic carbocycles. The molecule has 1 amide bonds. The van der Waals surface area contributed by atoms with Gasteiger partial charge in [-0.3, -0.25) is 4.79 Å². The number of amides is 1. The van der Waals surface area contributed by atoms with Crippen LogP contribution in [0.4, 0.5) is 5.69 Å². The highest BCUT2D eigenvalue weighted by atomic mass is 35.5. The number of hydrogen-bond donors (Lipinski definition) is 2. The zero-order valence-electron chi connectivity index (χ0n) is 13.0. The van der Waals surface area contributed by atoms with Crippen molar-refractivity contribution in [3.63, 3.8) is 0 Å². The van der Waals surface area contributed by atoms with Gasteiger partial charge in [0, 0.05) is 12.0 Å². The Bertz CT molecular complexity index is 746. The number of halogens is 2. The number of rotatable bonds is 3. The normalized spacial score (nSPS) is 16.7. The SMILES string of the molecule is Cc1ccc(Cl)c(NC(=O)C[NH+]2CCc3ccccc3C2)c1Cl. The minimum Gasteiger partial charge on any atom is -0.323 e. The topological polar surface area (TPSA) is 33.5 Å². The van der Waals surface area contributed by atoms with E-state index in [1.54, 1.807) is 6.07 Å². The lowest BCUT2D eigenvalue weighted by Crippen LogP contribution is -3.12. The zero-order valence-corrected chi connectivity index (χ0v) is 14.5. The Labute approximate surface area is 146 Å². The average Bonchev–Trinajstić information content (AvgIpc) is 2.55. The maximum Gasteiger partial charge on any atom is 0.279 e. The summed E-state index contributed by atoms with van der Waals surface area (Å²) < 4.78 is 0. The first-order valence-electron chi connectivity index (χ1n) is 7.69. The first kappa shape index (κ1) is 16.3. The van der Waals surface area contributed by atoms with Gasteiger partial charge in [0.15, 0.2) is 6.54 Å². The quantitative estimate of drug-likeness (QED) is 0.877. The second-order valence-electron chi connectivity index (χ2n) is 5.97. The molecule has 1 atom stereocenters. The smallest absolute Gasteiger partial charge is 0.279 e. The van der Waals surface area contributed by atoms with Gasteiger partial charge in [-0.2, -0.15) is 0 Å². The minimum atomic E-state index is -0.0613. The molecule has 5 heteroatoms. The Morgan fingerprint density at radius 2 is 1.91 bits per heavy atom. The van der Waals surface area contributed by atoms with Crippen LogP contribution in [0.2, 0.25) is 10.0 Å². The van der Waals surface area contributed by atoms with Crippen molar-refractivity contribution in [1.82, 2.24) is 0 Å². The molecule has 1 aliphatic heterocycles. The van der Waals surface area contributed by atoms with E-state index in [1.807, 2.05) is 19.1 Å². The maximum absolute atomic E-state index is 12.4. The van der Waals surface area contributed by atoms with Gasteiger partial charge in [0.25, 0.3) is 5.91 Å². The molecule has 0 spiro atoms. The molecule has 0 fully saturated rings. The summed E-state index contributed by atoms with van der Waals surface area (Å²) in [6.07, 6.45) is 1.00. The molecule has 0 bridgehead atoms. The molecule has 2 aromatic carbocycles. The van der Waals surface area contributed by atoms with Crippen LogP contribution in [0.3, 0.4) is 0 Å². The van der Waals surface area contributed by atoms with Crippen LogP contribution in [-0.4, -0.2) is 19.0 Å². The first-order chi connectivity index (χ1) is 11.0. The minimum absolute atomic E-state index is 0.0613. The third-order valence-corrected chi connectivity index (χ3v) is 5.07. The van der Waals surface area contributed by atoms with E-state index in [0.717, 1.165) is 25.1 Å². The van der Waals surface area contributed by atoms with Gasteiger partial charge in [-0.15, -0.1) is 0 Å². The Hall–Kier alpha value is -1.55. The summed E-state index contributed by atoms with van der Waals surface area (Å²) in [4.78, 5) is 13.6. The lowest BCUT2D eigenvalue weighted by atomic mass is 10.00. The van der Waals surface area contributed by atoms with Crippen LogP contribution in [-0.2, 0) is 17.8 Å². The van der Waals surface area contributed by atoms with E-state index in [4.69, 9.17) is 23.2 Å². The van der Waals surface area contributed by atoms with E-state index >= 15 is 0 Å². The van der Waals surface area contributed by atoms with E-state index in [-0.39, 0.29) is 5.91 Å². The summed E-state index contributed by atoms with van der Waals surface area (Å²) in [7, 11) is 0. The summed E-state index contributed by atoms with van der Waals surface area (Å²) in [5.41, 5.74) is 4.12. The number of anilines is 1. The van der Waals surface area contributed by atoms with Crippen LogP contribution >= 0.6 is 23.2 Å². The van der Waals surface area contributed by atoms with Crippen LogP contribution in [0.5, 0.6) is 0 Å². The summed E-state index contributed by atoms with van der Waals surface area (Å²) in [5, 5.41) is 3.84. The molecule has 0 saturated carbocycles. The van der Waals surface area contributed by atoms with Crippen molar-refractivity contribution in [3.8, 4) is 0 Å². The van der Waals surface area contributed by atoms with E-state index in [2.05, 4.69) is 23.5 Å². The fourth-order valence-electron chi connectivity index (χ4n) is 2.98. The number of nitrogens with one attached hydrogen (secondary N) is 2. The number of carbonyl (C=O) groups excluding carboxylic acids is 1. The Morgan fingerprint density at radius 3 is 2.70 bits per heavy atom. The number of quaternary nitrogens is 1. The molecule has 2 aromatic rings. The molecule has 0 radical (unpaired) electrons. The first-order valence-corrected chi connectivity index (χ1v) is 8.45. The molecule has 1 aliphatic rings. The molecule has 1 unspecified atom stereocenters. The molecule has 3 nitrogen and oxygen atoms in total. The van der Waals surface area contributed by atoms with Crippen molar-refractivity contribution in [2.45, 2.75) is 19.9 Å². The van der Waals surface area contributed by atoms with E-state index < -0.39 is 0 Å². The van der Waals surface area contributed by atoms with Gasteiger partial charge >= 0.3 is 0 Å². The Balaban J connectivity index is 1.66. The highest BCUT2D eigenvalue weighted by molar-refractivity contribution is 6.40. The fraction of sp³-hybridized carbons (Fsp3) is 0.278. The third kappa shape index (κ3) is 3.69. The number of fused-ring (bicyclic) bond motifs is 1. The number of benzene rings is 2. The van der Waals surface area contributed by atoms with Crippen molar-refractivity contribution in [1.29, 1.82) is 0 Å². The van der Waals surface area contributed by atoms with Gasteiger partial charge in [-0.05, 0) is 24.1 Å². The van der Waals surface area contributed by atoms with Crippen molar-refractivity contribution in [2.75, 3.05) is 18.4 Å². The molecular formula is C18H19Cl2N2O+. The van der Waals surface area contributed by atoms with Crippen LogP contribution in [0.25, 0.3) is 0 Å². The fourth-order valence-corrected chi connectivity index (χ4v) is 3.44. The van der Waals surface area contributed by atoms with Crippen LogP contribution in [0.15, 0.2) is 36.4 Å². The summed E-state index contributed by atoms with van der Waals surface area (Å²) in [6.45, 7) is 4.13. The van der Waals surface area contributed by atoms with Crippen LogP contribution in [0, 0.1) is 6.92 Å². The monoisotopic (exact) mass is 349 g/mol. The van der Waals surface area contributed by atoms with E-state index in [9.17, 15) is 4.79 Å². The number of hydrogen-bond acceptors (Lipinski definition) is 1. The van der Waals surface area contributed by atoms with Crippen molar-refractivity contribution < 1.29 is 9.69 Å². The second-order valence-corrected chi connectivity index (χ2v) is 6.76. The van der Waals surface area contributed by atoms with Gasteiger partial charge in [0.05, 0.1) is 22.3 Å². The average molecular weight is 350 g/mol. The van der Waals surface area contributed by atoms with Crippen molar-refractivity contribution in [2.24, 2.45) is 0 Å². The second kappa shape index (κ2) is 6.91. The predicted octanol–water partition coefficient (Wildman–Crippen LogP) is 2.88. The molecule has 0 aromatic heterocycles. The van der Waals surface area contributed by atoms with Gasteiger partial charge in [0.2, 0.25) is 0 Å². The lowest BCUT2D eigenvalue weighted by molar-refractivity contribution is -0.907. The lowest BCUT2D eigenvalue weighted by Gasteiger charge is -2.25. The third-order valence-electron chi connectivity index (χ3n) is 4.27. The highest BCUT2D eigenvalue weighted by Gasteiger charge is 2.22. The molecule has 0 saturated heterocycles. The van der Waals surface area contributed by atoms with E-state index in [0.29, 0.717) is 22.3 Å². The standard InChI is InChI=1S/C18H18Cl2N2O/c1-12-6-7-15(19)18(17(12)20)21-16(23)11-22-9-8-13-4-2-3-5-14(13)10-22/h2-7H,8-11H2,1H3,(H,21,23)/p+1. The summed E-state index contributed by atoms with van der Waals surface area (Å²) in [6, 6.07) is 12.0. The molecule has 120 valence electrons. The predicted molar refractivity (Wildman–Crippen MR) is 94.4 cm³/mol. The van der Waals surface area contributed by atoms with Crippen LogP contribution in [0.1, 0.15) is 16.7 Å². The largest absolute Gasteiger partial charge is 0.323 e. The number of aryl methyl sites for hydroxylation is 1. The number of carbonyl (C=O) groups is 1. The van der Waals surface area contributed by atoms with Crippen molar-refractivity contribution >= 4 is 34.8 Å². The van der Waals surface area contributed by atoms with Gasteiger partial charge in [0.1, 0.15) is 6.54 Å². The maximum atomic E-state index is 12.4. The molecule has 2 N–H and O–H groups in total.